The second-order valence-electron chi connectivity index (χ2n) is 6.08. The quantitative estimate of drug-likeness (QED) is 0.729. The molecule has 0 spiro atoms. The Morgan fingerprint density at radius 3 is 2.25 bits per heavy atom. The molecule has 1 saturated heterocycles. The van der Waals surface area contributed by atoms with E-state index in [-0.39, 0.29) is 0 Å². The lowest BCUT2D eigenvalue weighted by Gasteiger charge is -2.37. The Hall–Kier alpha value is -0.0800. The fraction of sp³-hybridized carbons (Fsp3) is 1.00. The van der Waals surface area contributed by atoms with Crippen molar-refractivity contribution in [3.63, 3.8) is 0 Å². The van der Waals surface area contributed by atoms with Crippen molar-refractivity contribution in [1.29, 1.82) is 0 Å². The zero-order chi connectivity index (χ0) is 12.2. The minimum atomic E-state index is 0.307. The lowest BCUT2D eigenvalue weighted by atomic mass is 9.88. The molecule has 0 aromatic carbocycles. The number of hydrogen-bond acceptors (Lipinski definition) is 2. The van der Waals surface area contributed by atoms with E-state index in [1.54, 1.807) is 0 Å². The van der Waals surface area contributed by atoms with Crippen molar-refractivity contribution in [2.45, 2.75) is 78.6 Å². The fourth-order valence-corrected chi connectivity index (χ4v) is 2.13. The molecule has 2 heteroatoms. The predicted molar refractivity (Wildman–Crippen MR) is 67.7 cm³/mol. The molecule has 3 atom stereocenters. The molecular weight excluding hydrogens is 200 g/mol. The van der Waals surface area contributed by atoms with Crippen LogP contribution in [0.2, 0.25) is 0 Å². The van der Waals surface area contributed by atoms with Gasteiger partial charge in [-0.25, -0.2) is 0 Å². The number of hydrogen-bond donors (Lipinski definition) is 0. The van der Waals surface area contributed by atoms with Crippen LogP contribution < -0.4 is 0 Å². The predicted octanol–water partition coefficient (Wildman–Crippen LogP) is 3.79. The summed E-state index contributed by atoms with van der Waals surface area (Å²) in [6.45, 7) is 12.0. The van der Waals surface area contributed by atoms with E-state index in [9.17, 15) is 0 Å². The van der Waals surface area contributed by atoms with Crippen molar-refractivity contribution in [2.24, 2.45) is 5.41 Å². The van der Waals surface area contributed by atoms with Gasteiger partial charge in [0.2, 0.25) is 0 Å². The van der Waals surface area contributed by atoms with Crippen LogP contribution in [0.5, 0.6) is 0 Å². The molecule has 0 amide bonds. The minimum absolute atomic E-state index is 0.307. The van der Waals surface area contributed by atoms with Crippen LogP contribution in [0.25, 0.3) is 0 Å². The molecule has 0 aliphatic carbocycles. The Morgan fingerprint density at radius 1 is 1.06 bits per heavy atom. The molecule has 1 heterocycles. The molecule has 0 N–H and O–H groups in total. The molecular formula is C14H28O2. The van der Waals surface area contributed by atoms with Crippen LogP contribution in [0.4, 0.5) is 0 Å². The normalized spacial score (nSPS) is 31.7. The van der Waals surface area contributed by atoms with Gasteiger partial charge in [0.1, 0.15) is 0 Å². The van der Waals surface area contributed by atoms with Crippen LogP contribution in [0.3, 0.4) is 0 Å². The van der Waals surface area contributed by atoms with Crippen LogP contribution >= 0.6 is 0 Å². The summed E-state index contributed by atoms with van der Waals surface area (Å²) in [6, 6.07) is 0. The second-order valence-corrected chi connectivity index (χ2v) is 6.08. The number of ether oxygens (including phenoxy) is 2. The van der Waals surface area contributed by atoms with Gasteiger partial charge in [-0.1, -0.05) is 34.6 Å². The Bertz CT molecular complexity index is 195. The van der Waals surface area contributed by atoms with Gasteiger partial charge in [0.25, 0.3) is 0 Å². The van der Waals surface area contributed by atoms with E-state index >= 15 is 0 Å². The largest absolute Gasteiger partial charge is 0.373 e. The zero-order valence-corrected chi connectivity index (χ0v) is 11.6. The maximum absolute atomic E-state index is 6.04. The Kier molecular flexibility index (Phi) is 5.26. The maximum atomic E-state index is 6.04. The standard InChI is InChI=1S/C14H28O2/c1-6-11-10-15-13(12(7-2)16-11)8-9-14(3,4)5/h11-13H,6-10H2,1-5H3. The average Bonchev–Trinajstić information content (AvgIpc) is 2.25. The lowest BCUT2D eigenvalue weighted by molar-refractivity contribution is -0.184. The van der Waals surface area contributed by atoms with Gasteiger partial charge < -0.3 is 9.47 Å². The third kappa shape index (κ3) is 4.42. The molecule has 96 valence electrons. The summed E-state index contributed by atoms with van der Waals surface area (Å²) in [4.78, 5) is 0. The van der Waals surface area contributed by atoms with Gasteiger partial charge in [-0.3, -0.25) is 0 Å². The van der Waals surface area contributed by atoms with Gasteiger partial charge >= 0.3 is 0 Å². The van der Waals surface area contributed by atoms with Crippen molar-refractivity contribution in [1.82, 2.24) is 0 Å². The summed E-state index contributed by atoms with van der Waals surface area (Å²) in [7, 11) is 0. The van der Waals surface area contributed by atoms with Gasteiger partial charge in [0.05, 0.1) is 24.9 Å². The Labute approximate surface area is 101 Å². The third-order valence-electron chi connectivity index (χ3n) is 3.31. The molecule has 2 nitrogen and oxygen atoms in total. The molecule has 0 aromatic heterocycles. The van der Waals surface area contributed by atoms with Crippen molar-refractivity contribution in [3.8, 4) is 0 Å². The summed E-state index contributed by atoms with van der Waals surface area (Å²) in [5.74, 6) is 0. The third-order valence-corrected chi connectivity index (χ3v) is 3.31. The maximum Gasteiger partial charge on any atom is 0.0839 e. The topological polar surface area (TPSA) is 18.5 Å². The molecule has 0 saturated carbocycles. The van der Waals surface area contributed by atoms with Gasteiger partial charge in [-0.2, -0.15) is 0 Å². The van der Waals surface area contributed by atoms with Crippen molar-refractivity contribution >= 4 is 0 Å². The fourth-order valence-electron chi connectivity index (χ4n) is 2.13. The summed E-state index contributed by atoms with van der Waals surface area (Å²) >= 11 is 0. The highest BCUT2D eigenvalue weighted by atomic mass is 16.6. The second kappa shape index (κ2) is 6.02. The zero-order valence-electron chi connectivity index (χ0n) is 11.6. The van der Waals surface area contributed by atoms with Crippen LogP contribution in [0.1, 0.15) is 60.3 Å². The van der Waals surface area contributed by atoms with Gasteiger partial charge in [-0.05, 0) is 31.1 Å². The van der Waals surface area contributed by atoms with Crippen molar-refractivity contribution < 1.29 is 9.47 Å². The first kappa shape index (κ1) is 14.0. The first-order chi connectivity index (χ1) is 7.46. The van der Waals surface area contributed by atoms with Crippen LogP contribution in [0.15, 0.2) is 0 Å². The monoisotopic (exact) mass is 228 g/mol. The average molecular weight is 228 g/mol. The Balaban J connectivity index is 2.41. The highest BCUT2D eigenvalue weighted by molar-refractivity contribution is 4.78. The van der Waals surface area contributed by atoms with E-state index in [1.807, 2.05) is 0 Å². The van der Waals surface area contributed by atoms with Crippen molar-refractivity contribution in [3.05, 3.63) is 0 Å². The molecule has 1 aliphatic heterocycles. The summed E-state index contributed by atoms with van der Waals surface area (Å²) in [6.07, 6.45) is 5.38. The molecule has 0 aromatic rings. The first-order valence-corrected chi connectivity index (χ1v) is 6.73. The highest BCUT2D eigenvalue weighted by Crippen LogP contribution is 2.28. The van der Waals surface area contributed by atoms with E-state index < -0.39 is 0 Å². The summed E-state index contributed by atoms with van der Waals surface area (Å²) in [5.41, 5.74) is 0.392. The summed E-state index contributed by atoms with van der Waals surface area (Å²) < 4.78 is 12.0. The van der Waals surface area contributed by atoms with E-state index in [1.165, 1.54) is 6.42 Å². The van der Waals surface area contributed by atoms with E-state index in [0.717, 1.165) is 25.9 Å². The molecule has 1 rings (SSSR count). The van der Waals surface area contributed by atoms with Crippen molar-refractivity contribution in [2.75, 3.05) is 6.61 Å². The van der Waals surface area contributed by atoms with Gasteiger partial charge in [0, 0.05) is 0 Å². The molecule has 1 fully saturated rings. The van der Waals surface area contributed by atoms with Crippen LogP contribution in [0, 0.1) is 5.41 Å². The highest BCUT2D eigenvalue weighted by Gasteiger charge is 2.30. The first-order valence-electron chi connectivity index (χ1n) is 6.73. The molecule has 1 aliphatic rings. The van der Waals surface area contributed by atoms with E-state index in [2.05, 4.69) is 34.6 Å². The molecule has 16 heavy (non-hydrogen) atoms. The molecule has 0 bridgehead atoms. The van der Waals surface area contributed by atoms with E-state index in [4.69, 9.17) is 9.47 Å². The molecule has 0 radical (unpaired) electrons. The SMILES string of the molecule is CCC1COC(CCC(C)(C)C)C(CC)O1. The van der Waals surface area contributed by atoms with E-state index in [0.29, 0.717) is 23.7 Å². The number of rotatable bonds is 4. The smallest absolute Gasteiger partial charge is 0.0839 e. The van der Waals surface area contributed by atoms with Crippen LogP contribution in [-0.4, -0.2) is 24.9 Å². The molecule has 3 unspecified atom stereocenters. The summed E-state index contributed by atoms with van der Waals surface area (Å²) in [5, 5.41) is 0. The Morgan fingerprint density at radius 2 is 1.75 bits per heavy atom. The minimum Gasteiger partial charge on any atom is -0.373 e. The lowest BCUT2D eigenvalue weighted by Crippen LogP contribution is -2.43. The van der Waals surface area contributed by atoms with Gasteiger partial charge in [-0.15, -0.1) is 0 Å². The van der Waals surface area contributed by atoms with Crippen LogP contribution in [-0.2, 0) is 9.47 Å². The van der Waals surface area contributed by atoms with Gasteiger partial charge in [0.15, 0.2) is 0 Å².